The van der Waals surface area contributed by atoms with Crippen LogP contribution >= 0.6 is 0 Å². The zero-order valence-corrected chi connectivity index (χ0v) is 11.2. The second-order valence-electron chi connectivity index (χ2n) is 4.61. The van der Waals surface area contributed by atoms with Crippen molar-refractivity contribution in [2.24, 2.45) is 5.92 Å². The molecule has 0 heterocycles. The van der Waals surface area contributed by atoms with E-state index in [9.17, 15) is 4.79 Å². The summed E-state index contributed by atoms with van der Waals surface area (Å²) in [4.78, 5) is 11.9. The minimum Gasteiger partial charge on any atom is -0.469 e. The lowest BCUT2D eigenvalue weighted by atomic mass is 9.82. The van der Waals surface area contributed by atoms with Crippen molar-refractivity contribution in [3.63, 3.8) is 0 Å². The summed E-state index contributed by atoms with van der Waals surface area (Å²) in [5, 5.41) is 0. The van der Waals surface area contributed by atoms with Crippen LogP contribution in [0, 0.1) is 5.92 Å². The number of carbonyl (C=O) groups excluding carboxylic acids is 1. The van der Waals surface area contributed by atoms with E-state index in [0.29, 0.717) is 0 Å². The van der Waals surface area contributed by atoms with Crippen molar-refractivity contribution in [3.8, 4) is 0 Å². The lowest BCUT2D eigenvalue weighted by Crippen LogP contribution is -2.21. The molecule has 2 aromatic rings. The Labute approximate surface area is 114 Å². The van der Waals surface area contributed by atoms with Crippen LogP contribution in [0.1, 0.15) is 24.0 Å². The van der Waals surface area contributed by atoms with Crippen molar-refractivity contribution in [2.45, 2.75) is 12.8 Å². The number of carbonyl (C=O) groups is 1. The van der Waals surface area contributed by atoms with E-state index in [-0.39, 0.29) is 17.8 Å². The van der Waals surface area contributed by atoms with Crippen molar-refractivity contribution in [1.29, 1.82) is 0 Å². The van der Waals surface area contributed by atoms with Crippen molar-refractivity contribution >= 4 is 5.97 Å². The van der Waals surface area contributed by atoms with Crippen molar-refractivity contribution in [2.75, 3.05) is 7.11 Å². The van der Waals surface area contributed by atoms with Gasteiger partial charge in [-0.1, -0.05) is 67.6 Å². The van der Waals surface area contributed by atoms with Crippen LogP contribution in [0.25, 0.3) is 0 Å². The number of esters is 1. The van der Waals surface area contributed by atoms with Crippen LogP contribution in [-0.2, 0) is 9.53 Å². The zero-order valence-electron chi connectivity index (χ0n) is 11.2. The SMILES string of the molecule is COC(=O)C(C)C(c1ccccc1)c1ccccc1. The maximum Gasteiger partial charge on any atom is 0.309 e. The highest BCUT2D eigenvalue weighted by atomic mass is 16.5. The molecule has 0 amide bonds. The average Bonchev–Trinajstić information content (AvgIpc) is 2.49. The Morgan fingerprint density at radius 3 is 1.68 bits per heavy atom. The van der Waals surface area contributed by atoms with Gasteiger partial charge in [0.15, 0.2) is 0 Å². The van der Waals surface area contributed by atoms with Gasteiger partial charge in [0.05, 0.1) is 13.0 Å². The molecule has 0 saturated heterocycles. The molecule has 0 fully saturated rings. The van der Waals surface area contributed by atoms with Gasteiger partial charge in [0, 0.05) is 5.92 Å². The molecule has 0 N–H and O–H groups in total. The third-order valence-corrected chi connectivity index (χ3v) is 3.39. The Morgan fingerprint density at radius 1 is 0.895 bits per heavy atom. The van der Waals surface area contributed by atoms with E-state index >= 15 is 0 Å². The summed E-state index contributed by atoms with van der Waals surface area (Å²) >= 11 is 0. The fourth-order valence-corrected chi connectivity index (χ4v) is 2.41. The first-order chi connectivity index (χ1) is 9.24. The van der Waals surface area contributed by atoms with E-state index < -0.39 is 0 Å². The first kappa shape index (κ1) is 13.3. The zero-order chi connectivity index (χ0) is 13.7. The van der Waals surface area contributed by atoms with Gasteiger partial charge < -0.3 is 4.74 Å². The van der Waals surface area contributed by atoms with E-state index in [1.54, 1.807) is 0 Å². The number of methoxy groups -OCH3 is 1. The molecule has 0 aliphatic carbocycles. The van der Waals surface area contributed by atoms with Crippen LogP contribution in [0.4, 0.5) is 0 Å². The normalized spacial score (nSPS) is 12.2. The minimum atomic E-state index is -0.213. The Balaban J connectivity index is 2.43. The molecule has 0 spiro atoms. The van der Waals surface area contributed by atoms with E-state index in [2.05, 4.69) is 24.3 Å². The molecule has 98 valence electrons. The highest BCUT2D eigenvalue weighted by Crippen LogP contribution is 2.32. The highest BCUT2D eigenvalue weighted by Gasteiger charge is 2.27. The molecule has 0 aliphatic heterocycles. The fourth-order valence-electron chi connectivity index (χ4n) is 2.41. The molecule has 2 nitrogen and oxygen atoms in total. The van der Waals surface area contributed by atoms with Gasteiger partial charge in [-0.15, -0.1) is 0 Å². The van der Waals surface area contributed by atoms with E-state index in [1.165, 1.54) is 7.11 Å². The standard InChI is InChI=1S/C17H18O2/c1-13(17(18)19-2)16(14-9-5-3-6-10-14)15-11-7-4-8-12-15/h3-13,16H,1-2H3. The molecular weight excluding hydrogens is 236 g/mol. The van der Waals surface area contributed by atoms with E-state index in [4.69, 9.17) is 4.74 Å². The second kappa shape index (κ2) is 6.19. The third-order valence-electron chi connectivity index (χ3n) is 3.39. The monoisotopic (exact) mass is 254 g/mol. The first-order valence-corrected chi connectivity index (χ1v) is 6.41. The molecule has 2 rings (SSSR count). The van der Waals surface area contributed by atoms with Gasteiger partial charge in [-0.2, -0.15) is 0 Å². The van der Waals surface area contributed by atoms with Crippen LogP contribution in [0.2, 0.25) is 0 Å². The summed E-state index contributed by atoms with van der Waals surface area (Å²) in [5.41, 5.74) is 2.26. The molecule has 0 bridgehead atoms. The molecule has 0 aromatic heterocycles. The second-order valence-corrected chi connectivity index (χ2v) is 4.61. The maximum atomic E-state index is 11.9. The highest BCUT2D eigenvalue weighted by molar-refractivity contribution is 5.74. The Morgan fingerprint density at radius 2 is 1.32 bits per heavy atom. The van der Waals surface area contributed by atoms with Crippen molar-refractivity contribution in [3.05, 3.63) is 71.8 Å². The number of hydrogen-bond acceptors (Lipinski definition) is 2. The largest absolute Gasteiger partial charge is 0.469 e. The summed E-state index contributed by atoms with van der Waals surface area (Å²) in [6.07, 6.45) is 0. The quantitative estimate of drug-likeness (QED) is 0.779. The van der Waals surface area contributed by atoms with Crippen LogP contribution in [0.3, 0.4) is 0 Å². The van der Waals surface area contributed by atoms with Crippen LogP contribution in [-0.4, -0.2) is 13.1 Å². The van der Waals surface area contributed by atoms with Gasteiger partial charge >= 0.3 is 5.97 Å². The molecule has 1 unspecified atom stereocenters. The molecule has 0 aliphatic rings. The maximum absolute atomic E-state index is 11.9. The van der Waals surface area contributed by atoms with Crippen molar-refractivity contribution < 1.29 is 9.53 Å². The van der Waals surface area contributed by atoms with Gasteiger partial charge in [-0.3, -0.25) is 4.79 Å². The topological polar surface area (TPSA) is 26.3 Å². The van der Waals surface area contributed by atoms with Gasteiger partial charge in [0.2, 0.25) is 0 Å². The van der Waals surface area contributed by atoms with Gasteiger partial charge in [0.25, 0.3) is 0 Å². The summed E-state index contributed by atoms with van der Waals surface area (Å²) < 4.78 is 4.90. The number of hydrogen-bond donors (Lipinski definition) is 0. The van der Waals surface area contributed by atoms with Crippen LogP contribution < -0.4 is 0 Å². The third kappa shape index (κ3) is 3.02. The van der Waals surface area contributed by atoms with Crippen molar-refractivity contribution in [1.82, 2.24) is 0 Å². The predicted molar refractivity (Wildman–Crippen MR) is 75.9 cm³/mol. The van der Waals surface area contributed by atoms with E-state index in [0.717, 1.165) is 11.1 Å². The molecule has 0 saturated carbocycles. The Hall–Kier alpha value is -2.09. The summed E-state index contributed by atoms with van der Waals surface area (Å²) in [7, 11) is 1.44. The molecule has 19 heavy (non-hydrogen) atoms. The Kier molecular flexibility index (Phi) is 4.35. The fraction of sp³-hybridized carbons (Fsp3) is 0.235. The molecular formula is C17H18O2. The van der Waals surface area contributed by atoms with Gasteiger partial charge in [-0.25, -0.2) is 0 Å². The lowest BCUT2D eigenvalue weighted by molar-refractivity contribution is -0.145. The number of ether oxygens (including phenoxy) is 1. The summed E-state index contributed by atoms with van der Waals surface area (Å²) in [6, 6.07) is 20.2. The molecule has 2 aromatic carbocycles. The summed E-state index contributed by atoms with van der Waals surface area (Å²) in [5.74, 6) is -0.373. The minimum absolute atomic E-state index is 0.0230. The first-order valence-electron chi connectivity index (χ1n) is 6.41. The molecule has 1 atom stereocenters. The average molecular weight is 254 g/mol. The predicted octanol–water partition coefficient (Wildman–Crippen LogP) is 3.63. The van der Waals surface area contributed by atoms with Gasteiger partial charge in [-0.05, 0) is 11.1 Å². The number of benzene rings is 2. The molecule has 2 heteroatoms. The van der Waals surface area contributed by atoms with Crippen LogP contribution in [0.15, 0.2) is 60.7 Å². The van der Waals surface area contributed by atoms with Crippen LogP contribution in [0.5, 0.6) is 0 Å². The van der Waals surface area contributed by atoms with E-state index in [1.807, 2.05) is 43.3 Å². The van der Waals surface area contributed by atoms with Gasteiger partial charge in [0.1, 0.15) is 0 Å². The smallest absolute Gasteiger partial charge is 0.309 e. The Bertz CT molecular complexity index is 480. The molecule has 0 radical (unpaired) electrons. The lowest BCUT2D eigenvalue weighted by Gasteiger charge is -2.23. The number of rotatable bonds is 4. The summed E-state index contributed by atoms with van der Waals surface area (Å²) in [6.45, 7) is 1.91.